The van der Waals surface area contributed by atoms with Gasteiger partial charge in [-0.05, 0) is 38.1 Å². The Morgan fingerprint density at radius 1 is 1.14 bits per heavy atom. The normalized spacial score (nSPS) is 12.5. The van der Waals surface area contributed by atoms with E-state index in [0.717, 1.165) is 26.9 Å². The molecule has 106 valence electrons. The minimum Gasteiger partial charge on any atom is -0.314 e. The predicted octanol–water partition coefficient (Wildman–Crippen LogP) is 4.62. The van der Waals surface area contributed by atoms with Gasteiger partial charge in [-0.25, -0.2) is 4.98 Å². The average Bonchev–Trinajstić information content (AvgIpc) is 2.86. The predicted molar refractivity (Wildman–Crippen MR) is 88.3 cm³/mol. The van der Waals surface area contributed by atoms with Crippen molar-refractivity contribution in [3.05, 3.63) is 53.0 Å². The van der Waals surface area contributed by atoms with Crippen LogP contribution < -0.4 is 0 Å². The zero-order valence-corrected chi connectivity index (χ0v) is 13.5. The number of aromatic nitrogens is 2. The summed E-state index contributed by atoms with van der Waals surface area (Å²) in [4.78, 5) is 16.6. The maximum Gasteiger partial charge on any atom is 0.152 e. The van der Waals surface area contributed by atoms with Crippen LogP contribution in [0.3, 0.4) is 0 Å². The number of hydrogen-bond donors (Lipinski definition) is 0. The molecule has 21 heavy (non-hydrogen) atoms. The number of nitrogens with zero attached hydrogens (tertiary/aromatic N) is 2. The van der Waals surface area contributed by atoms with E-state index in [1.165, 1.54) is 0 Å². The minimum absolute atomic E-state index is 0.122. The smallest absolute Gasteiger partial charge is 0.152 e. The Hall–Kier alpha value is -1.94. The summed E-state index contributed by atoms with van der Waals surface area (Å²) in [5.41, 5.74) is 2.89. The highest BCUT2D eigenvalue weighted by Gasteiger charge is 2.19. The van der Waals surface area contributed by atoms with Crippen LogP contribution in [0.5, 0.6) is 0 Å². The summed E-state index contributed by atoms with van der Waals surface area (Å²) < 4.78 is 3.04. The van der Waals surface area contributed by atoms with E-state index < -0.39 is 0 Å². The van der Waals surface area contributed by atoms with Crippen LogP contribution in [0.15, 0.2) is 53.0 Å². The van der Waals surface area contributed by atoms with Crippen molar-refractivity contribution in [1.29, 1.82) is 0 Å². The first-order chi connectivity index (χ1) is 10.1. The van der Waals surface area contributed by atoms with Gasteiger partial charge in [0.05, 0.1) is 17.1 Å². The molecule has 0 spiro atoms. The van der Waals surface area contributed by atoms with E-state index in [0.29, 0.717) is 0 Å². The summed E-state index contributed by atoms with van der Waals surface area (Å²) in [6, 6.07) is 15.7. The maximum atomic E-state index is 11.9. The lowest BCUT2D eigenvalue weighted by Crippen LogP contribution is -2.14. The van der Waals surface area contributed by atoms with E-state index in [2.05, 4.69) is 15.9 Å². The van der Waals surface area contributed by atoms with Gasteiger partial charge >= 0.3 is 0 Å². The summed E-state index contributed by atoms with van der Waals surface area (Å²) in [7, 11) is 0. The van der Waals surface area contributed by atoms with Crippen LogP contribution in [0, 0.1) is 0 Å². The Morgan fingerprint density at radius 3 is 2.48 bits per heavy atom. The molecule has 1 heterocycles. The van der Waals surface area contributed by atoms with Crippen molar-refractivity contribution < 1.29 is 4.79 Å². The SMILES string of the molecule is CC(=O)C(C)n1c(-c2ccc(Br)cc2)nc2ccccc21. The molecule has 0 saturated heterocycles. The Morgan fingerprint density at radius 2 is 1.81 bits per heavy atom. The molecule has 0 saturated carbocycles. The third kappa shape index (κ3) is 2.51. The van der Waals surface area contributed by atoms with Crippen LogP contribution in [0.25, 0.3) is 22.4 Å². The highest BCUT2D eigenvalue weighted by atomic mass is 79.9. The van der Waals surface area contributed by atoms with Gasteiger partial charge < -0.3 is 4.57 Å². The van der Waals surface area contributed by atoms with Gasteiger partial charge in [0.25, 0.3) is 0 Å². The fourth-order valence-corrected chi connectivity index (χ4v) is 2.69. The first-order valence-corrected chi connectivity index (χ1v) is 7.60. The van der Waals surface area contributed by atoms with Gasteiger partial charge in [-0.2, -0.15) is 0 Å². The van der Waals surface area contributed by atoms with Gasteiger partial charge in [-0.15, -0.1) is 0 Å². The molecule has 1 unspecified atom stereocenters. The number of Topliss-reactive ketones (excluding diaryl/α,β-unsaturated/α-hetero) is 1. The first kappa shape index (κ1) is 14.0. The first-order valence-electron chi connectivity index (χ1n) is 6.81. The van der Waals surface area contributed by atoms with E-state index in [1.807, 2.05) is 60.0 Å². The number of para-hydroxylation sites is 2. The number of imidazole rings is 1. The molecule has 1 aromatic heterocycles. The van der Waals surface area contributed by atoms with E-state index in [1.54, 1.807) is 6.92 Å². The third-order valence-corrected chi connectivity index (χ3v) is 4.20. The number of carbonyl (C=O) groups is 1. The van der Waals surface area contributed by atoms with Gasteiger partial charge in [0.2, 0.25) is 0 Å². The number of rotatable bonds is 3. The molecular formula is C17H15BrN2O. The molecule has 0 aliphatic carbocycles. The second kappa shape index (κ2) is 5.45. The fraction of sp³-hybridized carbons (Fsp3) is 0.176. The second-order valence-corrected chi connectivity index (χ2v) is 6.00. The van der Waals surface area contributed by atoms with Crippen molar-refractivity contribution in [2.24, 2.45) is 0 Å². The highest BCUT2D eigenvalue weighted by Crippen LogP contribution is 2.29. The van der Waals surface area contributed by atoms with Crippen molar-refractivity contribution in [3.63, 3.8) is 0 Å². The lowest BCUT2D eigenvalue weighted by Gasteiger charge is -2.15. The average molecular weight is 343 g/mol. The molecule has 4 heteroatoms. The molecule has 0 bridgehead atoms. The number of carbonyl (C=O) groups excluding carboxylic acids is 1. The van der Waals surface area contributed by atoms with E-state index in [4.69, 9.17) is 4.98 Å². The summed E-state index contributed by atoms with van der Waals surface area (Å²) in [5.74, 6) is 0.947. The number of benzene rings is 2. The highest BCUT2D eigenvalue weighted by molar-refractivity contribution is 9.10. The van der Waals surface area contributed by atoms with E-state index in [9.17, 15) is 4.79 Å². The quantitative estimate of drug-likeness (QED) is 0.696. The van der Waals surface area contributed by atoms with Gasteiger partial charge in [-0.3, -0.25) is 4.79 Å². The molecule has 0 fully saturated rings. The van der Waals surface area contributed by atoms with Crippen LogP contribution in [-0.4, -0.2) is 15.3 Å². The van der Waals surface area contributed by atoms with Crippen molar-refractivity contribution >= 4 is 32.7 Å². The zero-order chi connectivity index (χ0) is 15.0. The van der Waals surface area contributed by atoms with Gasteiger partial charge in [-0.1, -0.05) is 40.2 Å². The minimum atomic E-state index is -0.240. The Balaban J connectivity index is 2.28. The summed E-state index contributed by atoms with van der Waals surface area (Å²) in [6.07, 6.45) is 0. The van der Waals surface area contributed by atoms with Crippen molar-refractivity contribution in [2.45, 2.75) is 19.9 Å². The molecule has 0 N–H and O–H groups in total. The van der Waals surface area contributed by atoms with Crippen LogP contribution >= 0.6 is 15.9 Å². The number of fused-ring (bicyclic) bond motifs is 1. The van der Waals surface area contributed by atoms with Crippen molar-refractivity contribution in [1.82, 2.24) is 9.55 Å². The number of hydrogen-bond acceptors (Lipinski definition) is 2. The summed E-state index contributed by atoms with van der Waals surface area (Å²) in [6.45, 7) is 3.53. The van der Waals surface area contributed by atoms with Crippen LogP contribution in [0.1, 0.15) is 19.9 Å². The molecule has 3 rings (SSSR count). The van der Waals surface area contributed by atoms with Gasteiger partial charge in [0, 0.05) is 10.0 Å². The summed E-state index contributed by atoms with van der Waals surface area (Å²) in [5, 5.41) is 0. The Labute approximate surface area is 131 Å². The van der Waals surface area contributed by atoms with Crippen LogP contribution in [-0.2, 0) is 4.79 Å². The molecule has 0 amide bonds. The van der Waals surface area contributed by atoms with Crippen LogP contribution in [0.2, 0.25) is 0 Å². The van der Waals surface area contributed by atoms with Crippen LogP contribution in [0.4, 0.5) is 0 Å². The van der Waals surface area contributed by atoms with Gasteiger partial charge in [0.15, 0.2) is 5.78 Å². The van der Waals surface area contributed by atoms with Gasteiger partial charge in [0.1, 0.15) is 5.82 Å². The molecule has 3 aromatic rings. The fourth-order valence-electron chi connectivity index (χ4n) is 2.42. The third-order valence-electron chi connectivity index (χ3n) is 3.67. The second-order valence-electron chi connectivity index (χ2n) is 5.09. The lowest BCUT2D eigenvalue weighted by molar-refractivity contribution is -0.119. The number of halogens is 1. The topological polar surface area (TPSA) is 34.9 Å². The standard InChI is InChI=1S/C17H15BrN2O/c1-11(12(2)21)20-16-6-4-3-5-15(16)19-17(20)13-7-9-14(18)10-8-13/h3-11H,1-2H3. The molecule has 2 aromatic carbocycles. The molecule has 1 atom stereocenters. The van der Waals surface area contributed by atoms with E-state index in [-0.39, 0.29) is 11.8 Å². The Kier molecular flexibility index (Phi) is 3.64. The number of ketones is 1. The summed E-state index contributed by atoms with van der Waals surface area (Å²) >= 11 is 3.44. The zero-order valence-electron chi connectivity index (χ0n) is 11.9. The monoisotopic (exact) mass is 342 g/mol. The molecular weight excluding hydrogens is 328 g/mol. The molecule has 0 radical (unpaired) electrons. The molecule has 3 nitrogen and oxygen atoms in total. The Bertz CT molecular complexity index is 805. The van der Waals surface area contributed by atoms with Crippen molar-refractivity contribution in [2.75, 3.05) is 0 Å². The molecule has 0 aliphatic rings. The maximum absolute atomic E-state index is 11.9. The van der Waals surface area contributed by atoms with E-state index >= 15 is 0 Å². The lowest BCUT2D eigenvalue weighted by atomic mass is 10.1. The largest absolute Gasteiger partial charge is 0.314 e. The van der Waals surface area contributed by atoms with Crippen molar-refractivity contribution in [3.8, 4) is 11.4 Å². The molecule has 0 aliphatic heterocycles.